The molecule has 0 bridgehead atoms. The fraction of sp³-hybridized carbons (Fsp3) is 0.368. The summed E-state index contributed by atoms with van der Waals surface area (Å²) in [6.07, 6.45) is -0.704. The second kappa shape index (κ2) is 7.63. The molecule has 2 rings (SSSR count). The van der Waals surface area contributed by atoms with Gasteiger partial charge in [-0.1, -0.05) is 6.07 Å². The number of β-amino-alcohol motifs (C(OH)–C–C–N with tert-alkyl or cyclic N) is 1. The maximum absolute atomic E-state index is 10.3. The van der Waals surface area contributed by atoms with Gasteiger partial charge in [-0.2, -0.15) is 0 Å². The predicted molar refractivity (Wildman–Crippen MR) is 97.9 cm³/mol. The summed E-state index contributed by atoms with van der Waals surface area (Å²) in [4.78, 5) is 0. The van der Waals surface area contributed by atoms with Gasteiger partial charge in [-0.15, -0.1) is 0 Å². The molecule has 25 heavy (non-hydrogen) atoms. The predicted octanol–water partition coefficient (Wildman–Crippen LogP) is 2.84. The summed E-state index contributed by atoms with van der Waals surface area (Å²) in [6.45, 7) is 6.76. The lowest BCUT2D eigenvalue weighted by molar-refractivity contribution is 0.163. The molecule has 0 heterocycles. The second-order valence-electron chi connectivity index (χ2n) is 7.13. The van der Waals surface area contributed by atoms with Gasteiger partial charge in [-0.3, -0.25) is 0 Å². The van der Waals surface area contributed by atoms with E-state index < -0.39 is 6.10 Å². The van der Waals surface area contributed by atoms with Crippen LogP contribution in [0.2, 0.25) is 0 Å². The van der Waals surface area contributed by atoms with Crippen LogP contribution in [0, 0.1) is 0 Å². The number of anilines is 1. The van der Waals surface area contributed by atoms with Crippen molar-refractivity contribution in [1.82, 2.24) is 5.32 Å². The van der Waals surface area contributed by atoms with Crippen molar-refractivity contribution in [3.63, 3.8) is 0 Å². The molecule has 2 aromatic rings. The Bertz CT molecular complexity index is 706. The van der Waals surface area contributed by atoms with E-state index in [0.29, 0.717) is 29.9 Å². The van der Waals surface area contributed by atoms with Gasteiger partial charge in [0, 0.05) is 24.7 Å². The first-order valence-electron chi connectivity index (χ1n) is 8.16. The third-order valence-corrected chi connectivity index (χ3v) is 3.68. The number of benzene rings is 2. The lowest BCUT2D eigenvalue weighted by atomic mass is 10.1. The Kier molecular flexibility index (Phi) is 5.77. The van der Waals surface area contributed by atoms with Crippen LogP contribution in [0.4, 0.5) is 5.69 Å². The van der Waals surface area contributed by atoms with E-state index in [0.717, 1.165) is 0 Å². The minimum absolute atomic E-state index is 0.0292. The number of phenolic OH excluding ortho intramolecular Hbond substituents is 3. The molecule has 0 aliphatic rings. The average Bonchev–Trinajstić information content (AvgIpc) is 2.50. The molecule has 0 aliphatic carbocycles. The molecule has 0 amide bonds. The van der Waals surface area contributed by atoms with Crippen molar-refractivity contribution in [2.45, 2.75) is 39.0 Å². The first-order chi connectivity index (χ1) is 11.6. The normalized spacial score (nSPS) is 12.8. The topological polar surface area (TPSA) is 105 Å². The van der Waals surface area contributed by atoms with Crippen molar-refractivity contribution in [2.75, 3.05) is 11.9 Å². The molecular formula is C19H26N2O4. The Hall–Kier alpha value is -2.44. The molecule has 0 spiro atoms. The van der Waals surface area contributed by atoms with Crippen LogP contribution in [0.5, 0.6) is 17.2 Å². The van der Waals surface area contributed by atoms with Crippen molar-refractivity contribution in [1.29, 1.82) is 0 Å². The number of aromatic hydroxyl groups is 3. The van der Waals surface area contributed by atoms with E-state index in [1.54, 1.807) is 12.1 Å². The van der Waals surface area contributed by atoms with Crippen LogP contribution < -0.4 is 10.6 Å². The van der Waals surface area contributed by atoms with Crippen molar-refractivity contribution in [3.05, 3.63) is 47.5 Å². The molecule has 6 heteroatoms. The summed E-state index contributed by atoms with van der Waals surface area (Å²) in [5.74, 6) is 0.000930. The van der Waals surface area contributed by atoms with E-state index in [2.05, 4.69) is 10.6 Å². The zero-order chi connectivity index (χ0) is 18.6. The smallest absolute Gasteiger partial charge is 0.138 e. The van der Waals surface area contributed by atoms with Crippen molar-refractivity contribution < 1.29 is 20.4 Å². The number of aliphatic hydroxyl groups excluding tert-OH is 1. The van der Waals surface area contributed by atoms with Gasteiger partial charge < -0.3 is 31.1 Å². The fourth-order valence-corrected chi connectivity index (χ4v) is 2.38. The van der Waals surface area contributed by atoms with Gasteiger partial charge in [0.1, 0.15) is 17.2 Å². The summed E-state index contributed by atoms with van der Waals surface area (Å²) < 4.78 is 0. The lowest BCUT2D eigenvalue weighted by Gasteiger charge is -2.23. The van der Waals surface area contributed by atoms with E-state index in [4.69, 9.17) is 0 Å². The van der Waals surface area contributed by atoms with Crippen molar-refractivity contribution in [2.24, 2.45) is 0 Å². The summed E-state index contributed by atoms with van der Waals surface area (Å²) in [6, 6.07) is 9.19. The van der Waals surface area contributed by atoms with Crippen LogP contribution in [-0.2, 0) is 6.54 Å². The first kappa shape index (κ1) is 18.9. The van der Waals surface area contributed by atoms with Crippen molar-refractivity contribution in [3.8, 4) is 17.2 Å². The van der Waals surface area contributed by atoms with Gasteiger partial charge >= 0.3 is 0 Å². The van der Waals surface area contributed by atoms with Crippen molar-refractivity contribution >= 4 is 5.69 Å². The molecule has 0 saturated heterocycles. The Labute approximate surface area is 147 Å². The number of phenols is 3. The maximum Gasteiger partial charge on any atom is 0.138 e. The Balaban J connectivity index is 2.08. The molecule has 1 atom stereocenters. The zero-order valence-corrected chi connectivity index (χ0v) is 14.7. The Morgan fingerprint density at radius 3 is 2.20 bits per heavy atom. The molecule has 6 N–H and O–H groups in total. The van der Waals surface area contributed by atoms with Gasteiger partial charge in [0.15, 0.2) is 0 Å². The number of nitrogens with one attached hydrogen (secondary N) is 2. The number of hydrogen-bond acceptors (Lipinski definition) is 6. The SMILES string of the molecule is CC(C)(C)NCC(O)c1ccc(O)c(NCc2cc(O)cc(O)c2)c1. The van der Waals surface area contributed by atoms with E-state index in [1.165, 1.54) is 24.3 Å². The highest BCUT2D eigenvalue weighted by Gasteiger charge is 2.15. The third kappa shape index (κ3) is 5.85. The molecule has 0 aromatic heterocycles. The summed E-state index contributed by atoms with van der Waals surface area (Å²) >= 11 is 0. The van der Waals surface area contributed by atoms with Crippen LogP contribution in [0.25, 0.3) is 0 Å². The van der Waals surface area contributed by atoms with Gasteiger partial charge in [0.05, 0.1) is 11.8 Å². The van der Waals surface area contributed by atoms with E-state index in [9.17, 15) is 20.4 Å². The molecule has 1 unspecified atom stereocenters. The molecule has 0 radical (unpaired) electrons. The van der Waals surface area contributed by atoms with Gasteiger partial charge in [0.2, 0.25) is 0 Å². The van der Waals surface area contributed by atoms with Gasteiger partial charge in [-0.25, -0.2) is 0 Å². The lowest BCUT2D eigenvalue weighted by Crippen LogP contribution is -2.38. The van der Waals surface area contributed by atoms with Gasteiger partial charge in [-0.05, 0) is 56.2 Å². The molecular weight excluding hydrogens is 320 g/mol. The molecule has 6 nitrogen and oxygen atoms in total. The molecule has 2 aromatic carbocycles. The second-order valence-corrected chi connectivity index (χ2v) is 7.13. The zero-order valence-electron chi connectivity index (χ0n) is 14.7. The Morgan fingerprint density at radius 1 is 0.960 bits per heavy atom. The van der Waals surface area contributed by atoms with E-state index >= 15 is 0 Å². The summed E-state index contributed by atoms with van der Waals surface area (Å²) in [5, 5.41) is 45.6. The maximum atomic E-state index is 10.3. The Morgan fingerprint density at radius 2 is 1.60 bits per heavy atom. The largest absolute Gasteiger partial charge is 0.508 e. The molecule has 136 valence electrons. The number of hydrogen-bond donors (Lipinski definition) is 6. The highest BCUT2D eigenvalue weighted by molar-refractivity contribution is 5.58. The third-order valence-electron chi connectivity index (χ3n) is 3.68. The summed E-state index contributed by atoms with van der Waals surface area (Å²) in [5.41, 5.74) is 1.71. The van der Waals surface area contributed by atoms with E-state index in [1.807, 2.05) is 20.8 Å². The number of rotatable bonds is 6. The molecule has 0 aliphatic heterocycles. The molecule has 0 saturated carbocycles. The van der Waals surface area contributed by atoms with Crippen LogP contribution in [0.1, 0.15) is 38.0 Å². The summed E-state index contributed by atoms with van der Waals surface area (Å²) in [7, 11) is 0. The average molecular weight is 346 g/mol. The van der Waals surface area contributed by atoms with Crippen LogP contribution >= 0.6 is 0 Å². The van der Waals surface area contributed by atoms with Crippen LogP contribution in [0.3, 0.4) is 0 Å². The van der Waals surface area contributed by atoms with E-state index in [-0.39, 0.29) is 22.8 Å². The quantitative estimate of drug-likeness (QED) is 0.449. The number of aliphatic hydroxyl groups is 1. The fourth-order valence-electron chi connectivity index (χ4n) is 2.38. The minimum atomic E-state index is -0.704. The minimum Gasteiger partial charge on any atom is -0.508 e. The van der Waals surface area contributed by atoms with Crippen LogP contribution in [-0.4, -0.2) is 32.5 Å². The highest BCUT2D eigenvalue weighted by atomic mass is 16.3. The molecule has 0 fully saturated rings. The monoisotopic (exact) mass is 346 g/mol. The highest BCUT2D eigenvalue weighted by Crippen LogP contribution is 2.28. The van der Waals surface area contributed by atoms with Gasteiger partial charge in [0.25, 0.3) is 0 Å². The first-order valence-corrected chi connectivity index (χ1v) is 8.16. The standard InChI is InChI=1S/C19H26N2O4/c1-19(2,3)21-11-18(25)13-4-5-17(24)16(8-13)20-10-12-6-14(22)9-15(23)7-12/h4-9,18,20-25H,10-11H2,1-3H3. The van der Waals surface area contributed by atoms with Crippen LogP contribution in [0.15, 0.2) is 36.4 Å².